The van der Waals surface area contributed by atoms with E-state index >= 15 is 0 Å². The Morgan fingerprint density at radius 3 is 2.30 bits per heavy atom. The summed E-state index contributed by atoms with van der Waals surface area (Å²) in [6.07, 6.45) is 4.03. The molecule has 0 radical (unpaired) electrons. The summed E-state index contributed by atoms with van der Waals surface area (Å²) in [5.74, 6) is 1.23. The molecule has 3 nitrogen and oxygen atoms in total. The predicted octanol–water partition coefficient (Wildman–Crippen LogP) is 6.33. The molecule has 0 aliphatic heterocycles. The van der Waals surface area contributed by atoms with E-state index in [2.05, 4.69) is 4.98 Å². The average molecular weight is 400 g/mol. The number of H-pyrrole nitrogens is 1. The number of rotatable bonds is 3. The minimum atomic E-state index is 0.149. The number of hydrogen-bond acceptors (Lipinski definition) is 2. The summed E-state index contributed by atoms with van der Waals surface area (Å²) in [5.41, 5.74) is 4.74. The Bertz CT molecular complexity index is 1030. The fourth-order valence-corrected chi connectivity index (χ4v) is 4.17. The van der Waals surface area contributed by atoms with E-state index in [0.717, 1.165) is 53.8 Å². The third-order valence-corrected chi connectivity index (χ3v) is 5.33. The molecule has 138 valence electrons. The van der Waals surface area contributed by atoms with Crippen LogP contribution in [0.3, 0.4) is 0 Å². The normalized spacial score (nSPS) is 13.3. The molecule has 0 atom stereocenters. The van der Waals surface area contributed by atoms with Crippen molar-refractivity contribution in [3.63, 3.8) is 0 Å². The Kier molecular flexibility index (Phi) is 4.98. The summed E-state index contributed by atoms with van der Waals surface area (Å²) in [7, 11) is 0. The van der Waals surface area contributed by atoms with Gasteiger partial charge in [0.1, 0.15) is 11.5 Å². The van der Waals surface area contributed by atoms with Gasteiger partial charge in [-0.3, -0.25) is 4.79 Å². The van der Waals surface area contributed by atoms with Crippen molar-refractivity contribution in [3.8, 4) is 22.6 Å². The number of aromatic amines is 1. The highest BCUT2D eigenvalue weighted by Crippen LogP contribution is 2.30. The van der Waals surface area contributed by atoms with Crippen LogP contribution in [0.4, 0.5) is 0 Å². The minimum absolute atomic E-state index is 0.149. The van der Waals surface area contributed by atoms with Crippen LogP contribution in [0.2, 0.25) is 10.0 Å². The Hall–Kier alpha value is -2.23. The van der Waals surface area contributed by atoms with Crippen molar-refractivity contribution in [3.05, 3.63) is 79.7 Å². The highest BCUT2D eigenvalue weighted by molar-refractivity contribution is 6.34. The van der Waals surface area contributed by atoms with Crippen molar-refractivity contribution >= 4 is 23.2 Å². The molecule has 1 N–H and O–H groups in total. The summed E-state index contributed by atoms with van der Waals surface area (Å²) in [5, 5.41) is 1.04. The molecule has 4 rings (SSSR count). The van der Waals surface area contributed by atoms with Gasteiger partial charge in [0.05, 0.1) is 0 Å². The number of benzene rings is 2. The van der Waals surface area contributed by atoms with E-state index in [4.69, 9.17) is 27.9 Å². The van der Waals surface area contributed by atoms with Crippen LogP contribution >= 0.6 is 23.2 Å². The maximum atomic E-state index is 13.0. The molecule has 0 saturated carbocycles. The molecule has 1 aliphatic carbocycles. The number of nitrogens with one attached hydrogen (secondary N) is 1. The third-order valence-electron chi connectivity index (χ3n) is 4.90. The average Bonchev–Trinajstić information content (AvgIpc) is 2.62. The summed E-state index contributed by atoms with van der Waals surface area (Å²) in [4.78, 5) is 16.4. The number of fused-ring (bicyclic) bond motifs is 1. The third kappa shape index (κ3) is 3.76. The second-order valence-corrected chi connectivity index (χ2v) is 7.72. The zero-order valence-corrected chi connectivity index (χ0v) is 16.5. The SMILES string of the molecule is Cc1[nH]c2c(c(=O)c1-c1ccc(Oc3cc(Cl)cc(Cl)c3)cc1)CCCC2. The van der Waals surface area contributed by atoms with Crippen LogP contribution in [0.1, 0.15) is 29.8 Å². The van der Waals surface area contributed by atoms with Crippen molar-refractivity contribution in [1.29, 1.82) is 0 Å². The highest BCUT2D eigenvalue weighted by atomic mass is 35.5. The molecular weight excluding hydrogens is 381 g/mol. The van der Waals surface area contributed by atoms with Gasteiger partial charge in [-0.1, -0.05) is 35.3 Å². The van der Waals surface area contributed by atoms with E-state index in [0.29, 0.717) is 21.5 Å². The lowest BCUT2D eigenvalue weighted by molar-refractivity contribution is 0.483. The van der Waals surface area contributed by atoms with Gasteiger partial charge in [-0.05, 0) is 68.5 Å². The first kappa shape index (κ1) is 18.1. The van der Waals surface area contributed by atoms with Gasteiger partial charge in [-0.25, -0.2) is 0 Å². The van der Waals surface area contributed by atoms with E-state index in [1.807, 2.05) is 31.2 Å². The molecule has 0 unspecified atom stereocenters. The highest BCUT2D eigenvalue weighted by Gasteiger charge is 2.18. The number of hydrogen-bond donors (Lipinski definition) is 1. The maximum absolute atomic E-state index is 13.0. The van der Waals surface area contributed by atoms with Crippen molar-refractivity contribution in [2.24, 2.45) is 0 Å². The van der Waals surface area contributed by atoms with E-state index < -0.39 is 0 Å². The molecule has 0 saturated heterocycles. The molecule has 0 spiro atoms. The largest absolute Gasteiger partial charge is 0.457 e. The van der Waals surface area contributed by atoms with Gasteiger partial charge in [0, 0.05) is 32.6 Å². The summed E-state index contributed by atoms with van der Waals surface area (Å²) in [6.45, 7) is 1.96. The van der Waals surface area contributed by atoms with E-state index in [9.17, 15) is 4.79 Å². The van der Waals surface area contributed by atoms with E-state index in [-0.39, 0.29) is 5.43 Å². The monoisotopic (exact) mass is 399 g/mol. The number of halogens is 2. The number of ether oxygens (including phenoxy) is 1. The molecule has 0 amide bonds. The van der Waals surface area contributed by atoms with E-state index in [1.165, 1.54) is 0 Å². The Morgan fingerprint density at radius 1 is 0.926 bits per heavy atom. The molecule has 3 aromatic rings. The van der Waals surface area contributed by atoms with Crippen LogP contribution in [0.25, 0.3) is 11.1 Å². The molecular formula is C22H19Cl2NO2. The topological polar surface area (TPSA) is 42.1 Å². The zero-order chi connectivity index (χ0) is 19.0. The van der Waals surface area contributed by atoms with Crippen molar-refractivity contribution in [2.75, 3.05) is 0 Å². The number of aryl methyl sites for hydroxylation is 2. The van der Waals surface area contributed by atoms with Gasteiger partial charge in [-0.2, -0.15) is 0 Å². The van der Waals surface area contributed by atoms with Crippen LogP contribution in [0.15, 0.2) is 47.3 Å². The number of pyridine rings is 1. The fourth-order valence-electron chi connectivity index (χ4n) is 3.66. The molecule has 5 heteroatoms. The predicted molar refractivity (Wildman–Crippen MR) is 110 cm³/mol. The van der Waals surface area contributed by atoms with Gasteiger partial charge in [0.2, 0.25) is 0 Å². The molecule has 0 fully saturated rings. The summed E-state index contributed by atoms with van der Waals surface area (Å²) in [6, 6.07) is 12.6. The van der Waals surface area contributed by atoms with Crippen molar-refractivity contribution in [1.82, 2.24) is 4.98 Å². The Balaban J connectivity index is 1.66. The second-order valence-electron chi connectivity index (χ2n) is 6.85. The van der Waals surface area contributed by atoms with Crippen LogP contribution in [0, 0.1) is 6.92 Å². The first-order valence-corrected chi connectivity index (χ1v) is 9.76. The molecule has 1 aliphatic rings. The van der Waals surface area contributed by atoms with Gasteiger partial charge < -0.3 is 9.72 Å². The minimum Gasteiger partial charge on any atom is -0.457 e. The van der Waals surface area contributed by atoms with Gasteiger partial charge in [-0.15, -0.1) is 0 Å². The summed E-state index contributed by atoms with van der Waals surface area (Å²) < 4.78 is 5.83. The molecule has 0 bridgehead atoms. The van der Waals surface area contributed by atoms with Crippen molar-refractivity contribution in [2.45, 2.75) is 32.6 Å². The zero-order valence-electron chi connectivity index (χ0n) is 14.9. The maximum Gasteiger partial charge on any atom is 0.193 e. The lowest BCUT2D eigenvalue weighted by Crippen LogP contribution is -2.21. The second kappa shape index (κ2) is 7.41. The molecule has 1 heterocycles. The van der Waals surface area contributed by atoms with Gasteiger partial charge >= 0.3 is 0 Å². The lowest BCUT2D eigenvalue weighted by Gasteiger charge is -2.18. The van der Waals surface area contributed by atoms with Crippen LogP contribution in [-0.4, -0.2) is 4.98 Å². The first-order valence-electron chi connectivity index (χ1n) is 9.00. The van der Waals surface area contributed by atoms with Crippen LogP contribution in [0.5, 0.6) is 11.5 Å². The Labute approximate surface area is 167 Å². The lowest BCUT2D eigenvalue weighted by atomic mass is 9.91. The quantitative estimate of drug-likeness (QED) is 0.558. The van der Waals surface area contributed by atoms with Crippen molar-refractivity contribution < 1.29 is 4.74 Å². The van der Waals surface area contributed by atoms with Gasteiger partial charge in [0.15, 0.2) is 5.43 Å². The van der Waals surface area contributed by atoms with E-state index in [1.54, 1.807) is 18.2 Å². The number of aromatic nitrogens is 1. The summed E-state index contributed by atoms with van der Waals surface area (Å²) >= 11 is 12.0. The first-order chi connectivity index (χ1) is 13.0. The standard InChI is InChI=1S/C22H19Cl2NO2/c1-13-21(22(26)19-4-2-3-5-20(19)25-13)14-6-8-17(9-7-14)27-18-11-15(23)10-16(24)12-18/h6-12H,2-5H2,1H3,(H,25,26). The van der Waals surface area contributed by atoms with Crippen LogP contribution < -0.4 is 10.2 Å². The fraction of sp³-hybridized carbons (Fsp3) is 0.227. The Morgan fingerprint density at radius 2 is 1.59 bits per heavy atom. The molecule has 1 aromatic heterocycles. The molecule has 27 heavy (non-hydrogen) atoms. The smallest absolute Gasteiger partial charge is 0.193 e. The van der Waals surface area contributed by atoms with Gasteiger partial charge in [0.25, 0.3) is 0 Å². The molecule has 2 aromatic carbocycles. The van der Waals surface area contributed by atoms with Crippen LogP contribution in [-0.2, 0) is 12.8 Å².